The minimum absolute atomic E-state index is 0.0832. The number of methoxy groups -OCH3 is 1. The van der Waals surface area contributed by atoms with E-state index >= 15 is 0 Å². The maximum atomic E-state index is 12.5. The van der Waals surface area contributed by atoms with Crippen LogP contribution in [0.5, 0.6) is 0 Å². The molecule has 0 spiro atoms. The fourth-order valence-electron chi connectivity index (χ4n) is 1.82. The van der Waals surface area contributed by atoms with Crippen molar-refractivity contribution >= 4 is 22.4 Å². The van der Waals surface area contributed by atoms with Gasteiger partial charge in [0.05, 0.1) is 0 Å². The zero-order valence-corrected chi connectivity index (χ0v) is 12.9. The second-order valence-corrected chi connectivity index (χ2v) is 5.61. The Hall–Kier alpha value is -1.94. The second kappa shape index (κ2) is 7.18. The minimum atomic E-state index is -0.486. The molecule has 10 heteroatoms. The fraction of sp³-hybridized carbons (Fsp3) is 0.636. The molecule has 2 heterocycles. The SMILES string of the molecule is CC[C@H](C)[C@@H](C(=O)Nc1nnc(COC)s1)n1cnnn1. The van der Waals surface area contributed by atoms with Gasteiger partial charge in [0.25, 0.3) is 5.91 Å². The van der Waals surface area contributed by atoms with Crippen LogP contribution < -0.4 is 5.32 Å². The van der Waals surface area contributed by atoms with Crippen molar-refractivity contribution < 1.29 is 9.53 Å². The van der Waals surface area contributed by atoms with Gasteiger partial charge in [0.15, 0.2) is 0 Å². The molecule has 1 amide bonds. The Morgan fingerprint density at radius 1 is 1.52 bits per heavy atom. The third-order valence-electron chi connectivity index (χ3n) is 3.07. The summed E-state index contributed by atoms with van der Waals surface area (Å²) < 4.78 is 6.43. The number of nitrogens with one attached hydrogen (secondary N) is 1. The van der Waals surface area contributed by atoms with Crippen LogP contribution in [-0.2, 0) is 16.1 Å². The normalized spacial score (nSPS) is 13.9. The quantitative estimate of drug-likeness (QED) is 0.809. The molecule has 1 N–H and O–H groups in total. The van der Waals surface area contributed by atoms with Gasteiger partial charge in [-0.3, -0.25) is 10.1 Å². The van der Waals surface area contributed by atoms with E-state index in [2.05, 4.69) is 31.0 Å². The van der Waals surface area contributed by atoms with Gasteiger partial charge in [0, 0.05) is 7.11 Å². The molecule has 0 fully saturated rings. The van der Waals surface area contributed by atoms with E-state index in [0.717, 1.165) is 6.42 Å². The summed E-state index contributed by atoms with van der Waals surface area (Å²) in [6, 6.07) is -0.486. The highest BCUT2D eigenvalue weighted by Crippen LogP contribution is 2.23. The molecular weight excluding hydrogens is 294 g/mol. The Morgan fingerprint density at radius 2 is 2.33 bits per heavy atom. The van der Waals surface area contributed by atoms with Crippen molar-refractivity contribution in [3.63, 3.8) is 0 Å². The lowest BCUT2D eigenvalue weighted by Gasteiger charge is -2.20. The highest BCUT2D eigenvalue weighted by atomic mass is 32.1. The standard InChI is InChI=1S/C11H17N7O2S/c1-4-7(2)9(18-6-12-16-17-18)10(19)13-11-15-14-8(21-11)5-20-3/h6-7,9H,4-5H2,1-3H3,(H,13,15,19)/t7-,9-/m0/s1. The van der Waals surface area contributed by atoms with Crippen molar-refractivity contribution in [3.8, 4) is 0 Å². The number of amides is 1. The third-order valence-corrected chi connectivity index (χ3v) is 3.88. The number of nitrogens with zero attached hydrogens (tertiary/aromatic N) is 6. The number of anilines is 1. The van der Waals surface area contributed by atoms with Crippen molar-refractivity contribution in [1.82, 2.24) is 30.4 Å². The monoisotopic (exact) mass is 311 g/mol. The highest BCUT2D eigenvalue weighted by Gasteiger charge is 2.28. The zero-order valence-electron chi connectivity index (χ0n) is 12.1. The third kappa shape index (κ3) is 3.79. The minimum Gasteiger partial charge on any atom is -0.377 e. The lowest BCUT2D eigenvalue weighted by molar-refractivity contribution is -0.121. The van der Waals surface area contributed by atoms with Crippen LogP contribution in [0.15, 0.2) is 6.33 Å². The molecule has 2 aromatic heterocycles. The summed E-state index contributed by atoms with van der Waals surface area (Å²) in [7, 11) is 1.58. The molecule has 21 heavy (non-hydrogen) atoms. The Bertz CT molecular complexity index is 571. The van der Waals surface area contributed by atoms with Gasteiger partial charge in [0.2, 0.25) is 5.13 Å². The van der Waals surface area contributed by atoms with Crippen LogP contribution >= 0.6 is 11.3 Å². The molecule has 0 aliphatic carbocycles. The molecule has 9 nitrogen and oxygen atoms in total. The number of carbonyl (C=O) groups is 1. The predicted molar refractivity (Wildman–Crippen MR) is 75.6 cm³/mol. The van der Waals surface area contributed by atoms with E-state index in [0.29, 0.717) is 16.7 Å². The van der Waals surface area contributed by atoms with E-state index < -0.39 is 6.04 Å². The number of tetrazole rings is 1. The average molecular weight is 311 g/mol. The van der Waals surface area contributed by atoms with Crippen LogP contribution in [0.3, 0.4) is 0 Å². The molecule has 0 unspecified atom stereocenters. The van der Waals surface area contributed by atoms with Crippen LogP contribution in [-0.4, -0.2) is 43.4 Å². The molecule has 0 aromatic carbocycles. The molecule has 0 aliphatic heterocycles. The maximum Gasteiger partial charge on any atom is 0.251 e. The molecule has 2 atom stereocenters. The van der Waals surface area contributed by atoms with Crippen LogP contribution in [0, 0.1) is 5.92 Å². The lowest BCUT2D eigenvalue weighted by atomic mass is 9.99. The Kier molecular flexibility index (Phi) is 5.28. The summed E-state index contributed by atoms with van der Waals surface area (Å²) in [5.74, 6) is -0.128. The highest BCUT2D eigenvalue weighted by molar-refractivity contribution is 7.15. The number of hydrogen-bond donors (Lipinski definition) is 1. The number of rotatable bonds is 7. The molecular formula is C11H17N7O2S. The van der Waals surface area contributed by atoms with Crippen molar-refractivity contribution in [2.45, 2.75) is 32.9 Å². The summed E-state index contributed by atoms with van der Waals surface area (Å²) >= 11 is 1.28. The van der Waals surface area contributed by atoms with Gasteiger partial charge in [-0.25, -0.2) is 4.68 Å². The Morgan fingerprint density at radius 3 is 2.95 bits per heavy atom. The molecule has 0 saturated carbocycles. The summed E-state index contributed by atoms with van der Waals surface area (Å²) in [4.78, 5) is 12.5. The van der Waals surface area contributed by atoms with Gasteiger partial charge in [-0.1, -0.05) is 31.6 Å². The van der Waals surface area contributed by atoms with Crippen molar-refractivity contribution in [3.05, 3.63) is 11.3 Å². The van der Waals surface area contributed by atoms with Crippen molar-refractivity contribution in [2.24, 2.45) is 5.92 Å². The summed E-state index contributed by atoms with van der Waals surface area (Å²) in [6.07, 6.45) is 2.26. The Balaban J connectivity index is 2.11. The first-order chi connectivity index (χ1) is 10.2. The summed E-state index contributed by atoms with van der Waals surface area (Å²) in [6.45, 7) is 4.36. The van der Waals surface area contributed by atoms with Crippen LogP contribution in [0.1, 0.15) is 31.3 Å². The fourth-order valence-corrected chi connectivity index (χ4v) is 2.54. The Labute approximate surface area is 125 Å². The summed E-state index contributed by atoms with van der Waals surface area (Å²) in [5, 5.41) is 22.7. The van der Waals surface area contributed by atoms with Gasteiger partial charge in [-0.05, 0) is 16.3 Å². The largest absolute Gasteiger partial charge is 0.377 e. The van der Waals surface area contributed by atoms with Crippen molar-refractivity contribution in [2.75, 3.05) is 12.4 Å². The molecule has 0 radical (unpaired) electrons. The van der Waals surface area contributed by atoms with Gasteiger partial charge in [-0.2, -0.15) is 0 Å². The molecule has 2 aromatic rings. The number of aromatic nitrogens is 6. The van der Waals surface area contributed by atoms with Gasteiger partial charge in [-0.15, -0.1) is 15.3 Å². The van der Waals surface area contributed by atoms with E-state index in [-0.39, 0.29) is 11.8 Å². The molecule has 0 bridgehead atoms. The topological polar surface area (TPSA) is 108 Å². The van der Waals surface area contributed by atoms with Crippen LogP contribution in [0.2, 0.25) is 0 Å². The van der Waals surface area contributed by atoms with E-state index in [4.69, 9.17) is 4.74 Å². The maximum absolute atomic E-state index is 12.5. The first kappa shape index (κ1) is 15.4. The first-order valence-corrected chi connectivity index (χ1v) is 7.32. The number of ether oxygens (including phenoxy) is 1. The second-order valence-electron chi connectivity index (χ2n) is 4.54. The smallest absolute Gasteiger partial charge is 0.251 e. The first-order valence-electron chi connectivity index (χ1n) is 6.50. The molecule has 0 saturated heterocycles. The number of hydrogen-bond acceptors (Lipinski definition) is 8. The predicted octanol–water partition coefficient (Wildman–Crippen LogP) is 0.897. The summed E-state index contributed by atoms with van der Waals surface area (Å²) in [5.41, 5.74) is 0. The van der Waals surface area contributed by atoms with E-state index in [9.17, 15) is 4.79 Å². The van der Waals surface area contributed by atoms with Crippen LogP contribution in [0.25, 0.3) is 0 Å². The van der Waals surface area contributed by atoms with Gasteiger partial charge >= 0.3 is 0 Å². The van der Waals surface area contributed by atoms with Gasteiger partial charge < -0.3 is 4.74 Å². The van der Waals surface area contributed by atoms with Gasteiger partial charge in [0.1, 0.15) is 24.0 Å². The van der Waals surface area contributed by atoms with Crippen LogP contribution in [0.4, 0.5) is 5.13 Å². The van der Waals surface area contributed by atoms with E-state index in [1.807, 2.05) is 13.8 Å². The van der Waals surface area contributed by atoms with E-state index in [1.54, 1.807) is 7.11 Å². The average Bonchev–Trinajstić information content (AvgIpc) is 3.11. The van der Waals surface area contributed by atoms with Crippen molar-refractivity contribution in [1.29, 1.82) is 0 Å². The lowest BCUT2D eigenvalue weighted by Crippen LogP contribution is -2.31. The zero-order chi connectivity index (χ0) is 15.2. The van der Waals surface area contributed by atoms with E-state index in [1.165, 1.54) is 22.3 Å². The molecule has 0 aliphatic rings. The number of carbonyl (C=O) groups excluding carboxylic acids is 1. The molecule has 114 valence electrons. The molecule has 2 rings (SSSR count).